The molecule has 0 bridgehead atoms. The van der Waals surface area contributed by atoms with Gasteiger partial charge >= 0.3 is 0 Å². The normalized spacial score (nSPS) is 27.1. The molecule has 0 aromatic rings. The molecule has 4 heteroatoms. The standard InChI is InChI=1S/C12H19NO3/c1-9-4-6-12(7-5-9,13(15)16)10(2)8-11(3)14/h4,10H,5-8H2,1-3H3. The van der Waals surface area contributed by atoms with Crippen LogP contribution >= 0.6 is 0 Å². The van der Waals surface area contributed by atoms with Gasteiger partial charge < -0.3 is 4.79 Å². The highest BCUT2D eigenvalue weighted by molar-refractivity contribution is 5.75. The smallest absolute Gasteiger partial charge is 0.228 e. The van der Waals surface area contributed by atoms with E-state index >= 15 is 0 Å². The van der Waals surface area contributed by atoms with Gasteiger partial charge in [0.1, 0.15) is 5.78 Å². The van der Waals surface area contributed by atoms with Gasteiger partial charge in [0.05, 0.1) is 0 Å². The molecule has 0 amide bonds. The number of allylic oxidation sites excluding steroid dienone is 1. The van der Waals surface area contributed by atoms with E-state index in [-0.39, 0.29) is 16.6 Å². The minimum atomic E-state index is -0.925. The SMILES string of the molecule is CC(=O)CC(C)C1([N+](=O)[O-])CC=C(C)CC1. The summed E-state index contributed by atoms with van der Waals surface area (Å²) in [6.07, 6.45) is 4.02. The molecule has 0 heterocycles. The van der Waals surface area contributed by atoms with Crippen LogP contribution in [0.4, 0.5) is 0 Å². The number of ketones is 1. The van der Waals surface area contributed by atoms with E-state index < -0.39 is 5.54 Å². The van der Waals surface area contributed by atoms with Crippen molar-refractivity contribution in [1.29, 1.82) is 0 Å². The fourth-order valence-electron chi connectivity index (χ4n) is 2.38. The first-order chi connectivity index (χ1) is 7.38. The third kappa shape index (κ3) is 2.49. The van der Waals surface area contributed by atoms with Gasteiger partial charge in [0.2, 0.25) is 5.54 Å². The Morgan fingerprint density at radius 2 is 2.31 bits per heavy atom. The maximum atomic E-state index is 11.3. The van der Waals surface area contributed by atoms with E-state index in [9.17, 15) is 14.9 Å². The number of nitrogens with zero attached hydrogens (tertiary/aromatic N) is 1. The summed E-state index contributed by atoms with van der Waals surface area (Å²) in [6.45, 7) is 5.31. The molecule has 0 N–H and O–H groups in total. The van der Waals surface area contributed by atoms with E-state index in [2.05, 4.69) is 0 Å². The van der Waals surface area contributed by atoms with Gasteiger partial charge in [-0.05, 0) is 20.3 Å². The van der Waals surface area contributed by atoms with Crippen molar-refractivity contribution >= 4 is 5.78 Å². The summed E-state index contributed by atoms with van der Waals surface area (Å²) in [5.74, 6) is -0.163. The number of nitro groups is 1. The predicted octanol–water partition coefficient (Wildman–Crippen LogP) is 2.75. The molecule has 0 spiro atoms. The summed E-state index contributed by atoms with van der Waals surface area (Å²) in [4.78, 5) is 22.2. The summed E-state index contributed by atoms with van der Waals surface area (Å²) < 4.78 is 0. The summed E-state index contributed by atoms with van der Waals surface area (Å²) in [5, 5.41) is 11.3. The molecular formula is C12H19NO3. The molecule has 0 radical (unpaired) electrons. The van der Waals surface area contributed by atoms with Gasteiger partial charge in [0.25, 0.3) is 0 Å². The molecule has 2 atom stereocenters. The summed E-state index contributed by atoms with van der Waals surface area (Å²) in [6, 6.07) is 0. The number of carbonyl (C=O) groups excluding carboxylic acids is 1. The average Bonchev–Trinajstić information content (AvgIpc) is 2.17. The number of Topliss-reactive ketones (excluding diaryl/α,β-unsaturated/α-hetero) is 1. The van der Waals surface area contributed by atoms with Crippen LogP contribution in [0.5, 0.6) is 0 Å². The highest BCUT2D eigenvalue weighted by Crippen LogP contribution is 2.37. The van der Waals surface area contributed by atoms with Crippen LogP contribution in [0.15, 0.2) is 11.6 Å². The fraction of sp³-hybridized carbons (Fsp3) is 0.750. The van der Waals surface area contributed by atoms with Crippen molar-refractivity contribution in [3.8, 4) is 0 Å². The van der Waals surface area contributed by atoms with Crippen molar-refractivity contribution < 1.29 is 9.72 Å². The molecule has 90 valence electrons. The lowest BCUT2D eigenvalue weighted by Gasteiger charge is -2.32. The molecule has 1 aliphatic carbocycles. The molecular weight excluding hydrogens is 206 g/mol. The van der Waals surface area contributed by atoms with Crippen LogP contribution in [-0.4, -0.2) is 16.2 Å². The Kier molecular flexibility index (Phi) is 3.83. The van der Waals surface area contributed by atoms with E-state index in [1.54, 1.807) is 0 Å². The third-order valence-electron chi connectivity index (χ3n) is 3.63. The number of carbonyl (C=O) groups is 1. The summed E-state index contributed by atoms with van der Waals surface area (Å²) in [5.41, 5.74) is 0.290. The lowest BCUT2D eigenvalue weighted by Crippen LogP contribution is -2.46. The molecule has 4 nitrogen and oxygen atoms in total. The largest absolute Gasteiger partial charge is 0.300 e. The molecule has 0 aromatic carbocycles. The second kappa shape index (κ2) is 4.76. The highest BCUT2D eigenvalue weighted by Gasteiger charge is 2.48. The molecule has 0 fully saturated rings. The lowest BCUT2D eigenvalue weighted by molar-refractivity contribution is -0.581. The minimum absolute atomic E-state index is 0.0278. The molecule has 0 aromatic heterocycles. The Balaban J connectivity index is 2.90. The van der Waals surface area contributed by atoms with Gasteiger partial charge in [0, 0.05) is 30.1 Å². The van der Waals surface area contributed by atoms with Gasteiger partial charge in [-0.1, -0.05) is 18.6 Å². The van der Waals surface area contributed by atoms with E-state index in [4.69, 9.17) is 0 Å². The molecule has 16 heavy (non-hydrogen) atoms. The van der Waals surface area contributed by atoms with Crippen molar-refractivity contribution in [3.05, 3.63) is 21.8 Å². The van der Waals surface area contributed by atoms with Gasteiger partial charge in [-0.2, -0.15) is 0 Å². The van der Waals surface area contributed by atoms with Crippen LogP contribution in [0.3, 0.4) is 0 Å². The zero-order valence-electron chi connectivity index (χ0n) is 10.2. The number of rotatable bonds is 4. The fourth-order valence-corrected chi connectivity index (χ4v) is 2.38. The molecule has 0 saturated heterocycles. The molecule has 0 saturated carbocycles. The lowest BCUT2D eigenvalue weighted by atomic mass is 9.73. The third-order valence-corrected chi connectivity index (χ3v) is 3.63. The predicted molar refractivity (Wildman–Crippen MR) is 61.8 cm³/mol. The van der Waals surface area contributed by atoms with Gasteiger partial charge in [0.15, 0.2) is 0 Å². The number of hydrogen-bond donors (Lipinski definition) is 0. The topological polar surface area (TPSA) is 60.2 Å². The zero-order chi connectivity index (χ0) is 12.3. The average molecular weight is 225 g/mol. The molecule has 1 rings (SSSR count). The van der Waals surface area contributed by atoms with E-state index in [1.807, 2.05) is 19.9 Å². The maximum Gasteiger partial charge on any atom is 0.228 e. The van der Waals surface area contributed by atoms with Crippen LogP contribution in [0.2, 0.25) is 0 Å². The molecule has 1 aliphatic rings. The number of hydrogen-bond acceptors (Lipinski definition) is 3. The van der Waals surface area contributed by atoms with Crippen LogP contribution in [0, 0.1) is 16.0 Å². The zero-order valence-corrected chi connectivity index (χ0v) is 10.2. The van der Waals surface area contributed by atoms with E-state index in [0.29, 0.717) is 19.3 Å². The Bertz CT molecular complexity index is 335. The molecule has 2 unspecified atom stereocenters. The Morgan fingerprint density at radius 1 is 1.69 bits per heavy atom. The van der Waals surface area contributed by atoms with Crippen molar-refractivity contribution in [1.82, 2.24) is 0 Å². The van der Waals surface area contributed by atoms with Crippen molar-refractivity contribution in [2.45, 2.75) is 52.0 Å². The van der Waals surface area contributed by atoms with Gasteiger partial charge in [-0.25, -0.2) is 0 Å². The van der Waals surface area contributed by atoms with E-state index in [1.165, 1.54) is 12.5 Å². The second-order valence-electron chi connectivity index (χ2n) is 4.92. The van der Waals surface area contributed by atoms with Gasteiger partial charge in [-0.3, -0.25) is 10.1 Å². The van der Waals surface area contributed by atoms with Crippen molar-refractivity contribution in [3.63, 3.8) is 0 Å². The first-order valence-corrected chi connectivity index (χ1v) is 5.68. The van der Waals surface area contributed by atoms with Crippen LogP contribution in [0.25, 0.3) is 0 Å². The Hall–Kier alpha value is -1.19. The Morgan fingerprint density at radius 3 is 2.69 bits per heavy atom. The van der Waals surface area contributed by atoms with Crippen LogP contribution in [0.1, 0.15) is 46.5 Å². The summed E-state index contributed by atoms with van der Waals surface area (Å²) >= 11 is 0. The minimum Gasteiger partial charge on any atom is -0.300 e. The summed E-state index contributed by atoms with van der Waals surface area (Å²) in [7, 11) is 0. The van der Waals surface area contributed by atoms with Crippen LogP contribution < -0.4 is 0 Å². The molecule has 0 aliphatic heterocycles. The highest BCUT2D eigenvalue weighted by atomic mass is 16.6. The first-order valence-electron chi connectivity index (χ1n) is 5.68. The Labute approximate surface area is 95.9 Å². The maximum absolute atomic E-state index is 11.3. The second-order valence-corrected chi connectivity index (χ2v) is 4.92. The van der Waals surface area contributed by atoms with Crippen molar-refractivity contribution in [2.24, 2.45) is 5.92 Å². The van der Waals surface area contributed by atoms with E-state index in [0.717, 1.165) is 6.42 Å². The van der Waals surface area contributed by atoms with Crippen molar-refractivity contribution in [2.75, 3.05) is 0 Å². The van der Waals surface area contributed by atoms with Gasteiger partial charge in [-0.15, -0.1) is 0 Å². The monoisotopic (exact) mass is 225 g/mol. The quantitative estimate of drug-likeness (QED) is 0.420. The first kappa shape index (κ1) is 12.9. The van der Waals surface area contributed by atoms with Crippen LogP contribution in [-0.2, 0) is 4.79 Å².